The van der Waals surface area contributed by atoms with E-state index in [-0.39, 0.29) is 0 Å². The first kappa shape index (κ1) is 19.8. The molecule has 2 heteroatoms. The van der Waals surface area contributed by atoms with Gasteiger partial charge in [0.05, 0.1) is 0 Å². The first-order chi connectivity index (χ1) is 14.8. The van der Waals surface area contributed by atoms with E-state index < -0.39 is 0 Å². The van der Waals surface area contributed by atoms with Gasteiger partial charge in [-0.15, -0.1) is 0 Å². The Labute approximate surface area is 178 Å². The van der Waals surface area contributed by atoms with Crippen LogP contribution < -0.4 is 9.47 Å². The molecule has 0 N–H and O–H groups in total. The second-order valence-corrected chi connectivity index (χ2v) is 7.41. The van der Waals surface area contributed by atoms with Crippen LogP contribution in [-0.2, 0) is 13.2 Å². The van der Waals surface area contributed by atoms with E-state index in [4.69, 9.17) is 9.47 Å². The van der Waals surface area contributed by atoms with Crippen molar-refractivity contribution in [1.29, 1.82) is 0 Å². The minimum Gasteiger partial charge on any atom is -0.489 e. The van der Waals surface area contributed by atoms with E-state index in [1.165, 1.54) is 22.3 Å². The largest absolute Gasteiger partial charge is 0.489 e. The molecule has 4 rings (SSSR count). The third-order valence-electron chi connectivity index (χ3n) is 5.26. The number of hydrogen-bond acceptors (Lipinski definition) is 2. The summed E-state index contributed by atoms with van der Waals surface area (Å²) in [5.74, 6) is 2.08. The van der Waals surface area contributed by atoms with E-state index in [0.717, 1.165) is 11.5 Å². The molecule has 2 nitrogen and oxygen atoms in total. The number of benzene rings is 4. The molecule has 0 spiro atoms. The van der Waals surface area contributed by atoms with Gasteiger partial charge in [-0.3, -0.25) is 0 Å². The summed E-state index contributed by atoms with van der Waals surface area (Å²) in [5.41, 5.74) is 4.87. The third kappa shape index (κ3) is 5.30. The fourth-order valence-electron chi connectivity index (χ4n) is 3.38. The summed E-state index contributed by atoms with van der Waals surface area (Å²) in [7, 11) is 0. The third-order valence-corrected chi connectivity index (χ3v) is 5.26. The maximum atomic E-state index is 5.90. The van der Waals surface area contributed by atoms with Crippen molar-refractivity contribution in [3.8, 4) is 11.5 Å². The molecule has 150 valence electrons. The van der Waals surface area contributed by atoms with Crippen LogP contribution >= 0.6 is 0 Å². The molecule has 0 saturated heterocycles. The van der Waals surface area contributed by atoms with Gasteiger partial charge >= 0.3 is 0 Å². The Hall–Kier alpha value is -3.52. The molecule has 0 bridgehead atoms. The molecule has 4 aromatic rings. The summed E-state index contributed by atoms with van der Waals surface area (Å²) in [6.07, 6.45) is 0. The summed E-state index contributed by atoms with van der Waals surface area (Å²) in [6.45, 7) is 3.39. The van der Waals surface area contributed by atoms with Crippen LogP contribution in [0, 0.1) is 0 Å². The van der Waals surface area contributed by atoms with Crippen LogP contribution in [0.5, 0.6) is 11.5 Å². The highest BCUT2D eigenvalue weighted by atomic mass is 16.5. The van der Waals surface area contributed by atoms with Gasteiger partial charge in [0.15, 0.2) is 0 Å². The minimum atomic E-state index is 0.302. The SMILES string of the molecule is CC(c1ccc(OCc2ccccc2)cc1)c1ccc(OCc2ccccc2)cc1. The molecule has 30 heavy (non-hydrogen) atoms. The Morgan fingerprint density at radius 3 is 1.23 bits per heavy atom. The zero-order valence-corrected chi connectivity index (χ0v) is 17.2. The Morgan fingerprint density at radius 2 is 0.867 bits per heavy atom. The van der Waals surface area contributed by atoms with Gasteiger partial charge in [-0.2, -0.15) is 0 Å². The highest BCUT2D eigenvalue weighted by Crippen LogP contribution is 2.27. The van der Waals surface area contributed by atoms with Gasteiger partial charge < -0.3 is 9.47 Å². The fraction of sp³-hybridized carbons (Fsp3) is 0.143. The van der Waals surface area contributed by atoms with Crippen molar-refractivity contribution >= 4 is 0 Å². The van der Waals surface area contributed by atoms with E-state index in [1.807, 2.05) is 60.7 Å². The molecule has 0 aliphatic carbocycles. The molecule has 0 fully saturated rings. The van der Waals surface area contributed by atoms with Crippen LogP contribution in [0.1, 0.15) is 35.1 Å². The predicted octanol–water partition coefficient (Wildman–Crippen LogP) is 7.00. The van der Waals surface area contributed by atoms with E-state index >= 15 is 0 Å². The zero-order valence-electron chi connectivity index (χ0n) is 17.2. The van der Waals surface area contributed by atoms with E-state index in [0.29, 0.717) is 19.1 Å². The molecular weight excluding hydrogens is 368 g/mol. The molecule has 0 radical (unpaired) electrons. The number of hydrogen-bond donors (Lipinski definition) is 0. The maximum absolute atomic E-state index is 5.90. The van der Waals surface area contributed by atoms with Gasteiger partial charge in [0.2, 0.25) is 0 Å². The topological polar surface area (TPSA) is 18.5 Å². The van der Waals surface area contributed by atoms with Crippen LogP contribution in [-0.4, -0.2) is 0 Å². The minimum absolute atomic E-state index is 0.302. The smallest absolute Gasteiger partial charge is 0.119 e. The van der Waals surface area contributed by atoms with Crippen molar-refractivity contribution in [3.63, 3.8) is 0 Å². The van der Waals surface area contributed by atoms with Crippen LogP contribution in [0.4, 0.5) is 0 Å². The van der Waals surface area contributed by atoms with Gasteiger partial charge in [0.25, 0.3) is 0 Å². The van der Waals surface area contributed by atoms with Gasteiger partial charge in [0, 0.05) is 5.92 Å². The molecule has 0 aliphatic heterocycles. The average molecular weight is 395 g/mol. The lowest BCUT2D eigenvalue weighted by Crippen LogP contribution is -1.99. The van der Waals surface area contributed by atoms with E-state index in [1.54, 1.807) is 0 Å². The van der Waals surface area contributed by atoms with Crippen molar-refractivity contribution in [2.24, 2.45) is 0 Å². The fourth-order valence-corrected chi connectivity index (χ4v) is 3.38. The van der Waals surface area contributed by atoms with Crippen LogP contribution in [0.3, 0.4) is 0 Å². The van der Waals surface area contributed by atoms with Crippen molar-refractivity contribution in [2.45, 2.75) is 26.1 Å². The van der Waals surface area contributed by atoms with Crippen molar-refractivity contribution in [1.82, 2.24) is 0 Å². The molecule has 0 amide bonds. The Bertz CT molecular complexity index is 936. The van der Waals surface area contributed by atoms with Crippen molar-refractivity contribution in [2.75, 3.05) is 0 Å². The first-order valence-electron chi connectivity index (χ1n) is 10.3. The molecule has 0 unspecified atom stereocenters. The monoisotopic (exact) mass is 394 g/mol. The molecule has 4 aromatic carbocycles. The summed E-state index contributed by atoms with van der Waals surface area (Å²) in [4.78, 5) is 0. The lowest BCUT2D eigenvalue weighted by molar-refractivity contribution is 0.306. The predicted molar refractivity (Wildman–Crippen MR) is 122 cm³/mol. The first-order valence-corrected chi connectivity index (χ1v) is 10.3. The lowest BCUT2D eigenvalue weighted by Gasteiger charge is -2.14. The Kier molecular flexibility index (Phi) is 6.46. The summed E-state index contributed by atoms with van der Waals surface area (Å²) < 4.78 is 11.8. The van der Waals surface area contributed by atoms with Gasteiger partial charge in [-0.05, 0) is 46.5 Å². The highest BCUT2D eigenvalue weighted by Gasteiger charge is 2.09. The quantitative estimate of drug-likeness (QED) is 0.320. The summed E-state index contributed by atoms with van der Waals surface area (Å²) in [5, 5.41) is 0. The van der Waals surface area contributed by atoms with Crippen LogP contribution in [0.15, 0.2) is 109 Å². The highest BCUT2D eigenvalue weighted by molar-refractivity contribution is 5.38. The standard InChI is InChI=1S/C28H26O2/c1-22(25-12-16-27(17-13-25)29-20-23-8-4-2-5-9-23)26-14-18-28(19-15-26)30-21-24-10-6-3-7-11-24/h2-19,22H,20-21H2,1H3. The van der Waals surface area contributed by atoms with Crippen molar-refractivity contribution in [3.05, 3.63) is 131 Å². The van der Waals surface area contributed by atoms with Crippen LogP contribution in [0.25, 0.3) is 0 Å². The van der Waals surface area contributed by atoms with Gasteiger partial charge in [-0.25, -0.2) is 0 Å². The Balaban J connectivity index is 1.33. The molecular formula is C28H26O2. The van der Waals surface area contributed by atoms with Gasteiger partial charge in [0.1, 0.15) is 24.7 Å². The molecule has 0 aromatic heterocycles. The van der Waals surface area contributed by atoms with Crippen LogP contribution in [0.2, 0.25) is 0 Å². The normalized spacial score (nSPS) is 10.7. The summed E-state index contributed by atoms with van der Waals surface area (Å²) >= 11 is 0. The maximum Gasteiger partial charge on any atom is 0.119 e. The molecule has 0 atom stereocenters. The summed E-state index contributed by atoms with van der Waals surface area (Å²) in [6, 6.07) is 37.2. The average Bonchev–Trinajstić information content (AvgIpc) is 2.83. The number of rotatable bonds is 8. The van der Waals surface area contributed by atoms with E-state index in [2.05, 4.69) is 55.5 Å². The lowest BCUT2D eigenvalue weighted by atomic mass is 9.93. The van der Waals surface area contributed by atoms with Crippen molar-refractivity contribution < 1.29 is 9.47 Å². The second-order valence-electron chi connectivity index (χ2n) is 7.41. The second kappa shape index (κ2) is 9.80. The Morgan fingerprint density at radius 1 is 0.500 bits per heavy atom. The van der Waals surface area contributed by atoms with E-state index in [9.17, 15) is 0 Å². The zero-order chi connectivity index (χ0) is 20.6. The molecule has 0 aliphatic rings. The molecule has 0 saturated carbocycles. The van der Waals surface area contributed by atoms with Gasteiger partial charge in [-0.1, -0.05) is 91.9 Å². The number of ether oxygens (including phenoxy) is 2. The molecule has 0 heterocycles.